The van der Waals surface area contributed by atoms with Crippen molar-refractivity contribution in [2.75, 3.05) is 51.3 Å². The van der Waals surface area contributed by atoms with Crippen molar-refractivity contribution in [2.24, 2.45) is 5.92 Å². The fourth-order valence-corrected chi connectivity index (χ4v) is 8.89. The van der Waals surface area contributed by atoms with Crippen molar-refractivity contribution >= 4 is 23.4 Å². The van der Waals surface area contributed by atoms with Gasteiger partial charge >= 0.3 is 0 Å². The maximum atomic E-state index is 14.0. The third kappa shape index (κ3) is 7.76. The lowest BCUT2D eigenvalue weighted by Gasteiger charge is -2.44. The largest absolute Gasteiger partial charge is 0.493 e. The van der Waals surface area contributed by atoms with E-state index in [0.29, 0.717) is 19.7 Å². The average molecular weight is 700 g/mol. The standard InChI is InChI=1S/C41H47F2N3O3S/c1-29(2)41(40(48)44(3)36-12-5-7-14-38(36)50-41)35-11-4-6-13-37(35)49-27-9-24-46-26-25-45(28-39(46)47)23-8-10-34(30-15-19-32(42)20-16-30)31-17-21-33(43)22-18-31/h4-7,11-22,29,34,39,47H,8-10,23-28H2,1-3H3. The predicted octanol–water partition coefficient (Wildman–Crippen LogP) is 7.90. The number of piperazine rings is 1. The third-order valence-electron chi connectivity index (χ3n) is 10.1. The molecule has 4 aromatic carbocycles. The number of thioether (sulfide) groups is 1. The minimum absolute atomic E-state index is 0.0173. The van der Waals surface area contributed by atoms with E-state index < -0.39 is 11.0 Å². The molecule has 0 bridgehead atoms. The van der Waals surface area contributed by atoms with Gasteiger partial charge in [-0.25, -0.2) is 8.78 Å². The second-order valence-electron chi connectivity index (χ2n) is 13.6. The Bertz CT molecular complexity index is 1690. The first-order valence-electron chi connectivity index (χ1n) is 17.6. The van der Waals surface area contributed by atoms with Gasteiger partial charge in [0, 0.05) is 49.6 Å². The Kier molecular flexibility index (Phi) is 11.6. The maximum Gasteiger partial charge on any atom is 0.248 e. The Hall–Kier alpha value is -3.76. The predicted molar refractivity (Wildman–Crippen MR) is 197 cm³/mol. The molecule has 1 N–H and O–H groups in total. The molecule has 1 fully saturated rings. The topological polar surface area (TPSA) is 56.2 Å². The van der Waals surface area contributed by atoms with Gasteiger partial charge in [0.1, 0.15) is 28.4 Å². The van der Waals surface area contributed by atoms with E-state index in [-0.39, 0.29) is 29.4 Å². The number of carbonyl (C=O) groups is 1. The SMILES string of the molecule is CC(C)C1(c2ccccc2OCCCN2CCN(CCCC(c3ccc(F)cc3)c3ccc(F)cc3)CC2O)Sc2ccccc2N(C)C1=O. The quantitative estimate of drug-likeness (QED) is 0.143. The van der Waals surface area contributed by atoms with Gasteiger partial charge in [0.15, 0.2) is 0 Å². The van der Waals surface area contributed by atoms with Crippen LogP contribution in [0.15, 0.2) is 102 Å². The number of β-amino-alcohol motifs (C(OH)–C–C–N with tert-alkyl or cyclic N) is 1. The zero-order valence-electron chi connectivity index (χ0n) is 29.1. The van der Waals surface area contributed by atoms with E-state index in [1.54, 1.807) is 16.7 Å². The van der Waals surface area contributed by atoms with E-state index in [4.69, 9.17) is 4.74 Å². The number of para-hydroxylation sites is 2. The molecule has 50 heavy (non-hydrogen) atoms. The summed E-state index contributed by atoms with van der Waals surface area (Å²) in [6, 6.07) is 29.1. The molecule has 2 aliphatic heterocycles. The van der Waals surface area contributed by atoms with Crippen LogP contribution in [0.5, 0.6) is 5.75 Å². The van der Waals surface area contributed by atoms with Gasteiger partial charge in [0.2, 0.25) is 5.91 Å². The van der Waals surface area contributed by atoms with Crippen LogP contribution < -0.4 is 9.64 Å². The molecule has 0 aliphatic carbocycles. The number of hydrogen-bond donors (Lipinski definition) is 1. The van der Waals surface area contributed by atoms with Gasteiger partial charge in [-0.05, 0) is 85.3 Å². The Morgan fingerprint density at radius 3 is 2.16 bits per heavy atom. The van der Waals surface area contributed by atoms with Crippen molar-refractivity contribution in [2.45, 2.75) is 54.9 Å². The second kappa shape index (κ2) is 16.1. The number of halogens is 2. The molecule has 2 atom stereocenters. The summed E-state index contributed by atoms with van der Waals surface area (Å²) in [7, 11) is 1.85. The van der Waals surface area contributed by atoms with E-state index in [2.05, 4.69) is 29.7 Å². The highest BCUT2D eigenvalue weighted by molar-refractivity contribution is 8.01. The zero-order chi connectivity index (χ0) is 35.3. The molecule has 2 aliphatic rings. The second-order valence-corrected chi connectivity index (χ2v) is 14.9. The first-order chi connectivity index (χ1) is 24.2. The summed E-state index contributed by atoms with van der Waals surface area (Å²) < 4.78 is 32.9. The number of anilines is 1. The summed E-state index contributed by atoms with van der Waals surface area (Å²) in [5.74, 6) is 0.278. The number of nitrogens with zero attached hydrogens (tertiary/aromatic N) is 3. The van der Waals surface area contributed by atoms with E-state index in [0.717, 1.165) is 71.9 Å². The number of fused-ring (bicyclic) bond motifs is 1. The van der Waals surface area contributed by atoms with E-state index >= 15 is 0 Å². The van der Waals surface area contributed by atoms with Crippen LogP contribution in [0, 0.1) is 17.6 Å². The zero-order valence-corrected chi connectivity index (χ0v) is 29.9. The van der Waals surface area contributed by atoms with Crippen LogP contribution in [0.2, 0.25) is 0 Å². The third-order valence-corrected chi connectivity index (χ3v) is 11.9. The van der Waals surface area contributed by atoms with Gasteiger partial charge in [-0.2, -0.15) is 0 Å². The minimum atomic E-state index is -0.815. The van der Waals surface area contributed by atoms with Gasteiger partial charge < -0.3 is 14.7 Å². The molecule has 1 saturated heterocycles. The summed E-state index contributed by atoms with van der Waals surface area (Å²) in [5, 5.41) is 11.0. The van der Waals surface area contributed by atoms with Crippen LogP contribution in [0.1, 0.15) is 55.7 Å². The Labute approximate surface area is 299 Å². The van der Waals surface area contributed by atoms with E-state index in [1.807, 2.05) is 73.8 Å². The molecule has 0 saturated carbocycles. The van der Waals surface area contributed by atoms with Crippen LogP contribution in [0.4, 0.5) is 14.5 Å². The molecule has 6 rings (SSSR count). The molecular formula is C41H47F2N3O3S. The van der Waals surface area contributed by atoms with Gasteiger partial charge in [0.25, 0.3) is 0 Å². The summed E-state index contributed by atoms with van der Waals surface area (Å²) in [6.07, 6.45) is 1.88. The lowest BCUT2D eigenvalue weighted by Crippen LogP contribution is -2.53. The van der Waals surface area contributed by atoms with Gasteiger partial charge in [-0.15, -0.1) is 11.8 Å². The number of aliphatic hydroxyl groups excluding tert-OH is 1. The number of likely N-dealkylation sites (N-methyl/N-ethyl adjacent to an activating group) is 1. The minimum Gasteiger partial charge on any atom is -0.493 e. The van der Waals surface area contributed by atoms with Crippen molar-refractivity contribution in [3.63, 3.8) is 0 Å². The first kappa shape index (κ1) is 36.0. The van der Waals surface area contributed by atoms with Crippen molar-refractivity contribution in [1.82, 2.24) is 9.80 Å². The number of hydrogen-bond acceptors (Lipinski definition) is 6. The molecule has 0 spiro atoms. The number of benzene rings is 4. The molecule has 9 heteroatoms. The highest BCUT2D eigenvalue weighted by Gasteiger charge is 2.51. The molecule has 2 heterocycles. The van der Waals surface area contributed by atoms with Crippen LogP contribution in [0.25, 0.3) is 0 Å². The van der Waals surface area contributed by atoms with Gasteiger partial charge in [-0.3, -0.25) is 14.6 Å². The first-order valence-corrected chi connectivity index (χ1v) is 18.4. The fraction of sp³-hybridized carbons (Fsp3) is 0.390. The van der Waals surface area contributed by atoms with Gasteiger partial charge in [-0.1, -0.05) is 68.4 Å². The number of aliphatic hydroxyl groups is 1. The van der Waals surface area contributed by atoms with E-state index in [1.165, 1.54) is 24.3 Å². The normalized spacial score (nSPS) is 20.0. The number of ether oxygens (including phenoxy) is 1. The molecule has 2 unspecified atom stereocenters. The van der Waals surface area contributed by atoms with Crippen LogP contribution >= 0.6 is 11.8 Å². The van der Waals surface area contributed by atoms with Crippen LogP contribution in [-0.4, -0.2) is 73.4 Å². The number of amides is 1. The number of carbonyl (C=O) groups excluding carboxylic acids is 1. The van der Waals surface area contributed by atoms with Crippen molar-refractivity contribution in [3.05, 3.63) is 125 Å². The van der Waals surface area contributed by atoms with Crippen molar-refractivity contribution in [3.8, 4) is 5.75 Å². The Morgan fingerprint density at radius 2 is 1.50 bits per heavy atom. The lowest BCUT2D eigenvalue weighted by molar-refractivity contribution is -0.122. The molecule has 6 nitrogen and oxygen atoms in total. The fourth-order valence-electron chi connectivity index (χ4n) is 7.35. The summed E-state index contributed by atoms with van der Waals surface area (Å²) in [6.45, 7) is 8.36. The molecular weight excluding hydrogens is 653 g/mol. The van der Waals surface area contributed by atoms with Crippen molar-refractivity contribution < 1.29 is 23.4 Å². The monoisotopic (exact) mass is 699 g/mol. The maximum absolute atomic E-state index is 14.0. The summed E-state index contributed by atoms with van der Waals surface area (Å²) in [5.41, 5.74) is 3.83. The van der Waals surface area contributed by atoms with E-state index in [9.17, 15) is 18.7 Å². The highest BCUT2D eigenvalue weighted by Crippen LogP contribution is 2.56. The van der Waals surface area contributed by atoms with Crippen LogP contribution in [-0.2, 0) is 9.54 Å². The van der Waals surface area contributed by atoms with Crippen LogP contribution in [0.3, 0.4) is 0 Å². The molecule has 0 aromatic heterocycles. The molecule has 264 valence electrons. The average Bonchev–Trinajstić information content (AvgIpc) is 3.12. The molecule has 4 aromatic rings. The van der Waals surface area contributed by atoms with Crippen molar-refractivity contribution in [1.29, 1.82) is 0 Å². The molecule has 1 amide bonds. The highest BCUT2D eigenvalue weighted by atomic mass is 32.2. The smallest absolute Gasteiger partial charge is 0.248 e. The lowest BCUT2D eigenvalue weighted by atomic mass is 9.85. The summed E-state index contributed by atoms with van der Waals surface area (Å²) >= 11 is 1.62. The molecule has 0 radical (unpaired) electrons. The number of rotatable bonds is 13. The Balaban J connectivity index is 1.01. The Morgan fingerprint density at radius 1 is 0.860 bits per heavy atom. The summed E-state index contributed by atoms with van der Waals surface area (Å²) in [4.78, 5) is 21.3. The van der Waals surface area contributed by atoms with Gasteiger partial charge in [0.05, 0.1) is 12.3 Å².